The highest BCUT2D eigenvalue weighted by Gasteiger charge is 2.19. The molecule has 2 rings (SSSR count). The third-order valence-electron chi connectivity index (χ3n) is 3.20. The molecule has 1 atom stereocenters. The summed E-state index contributed by atoms with van der Waals surface area (Å²) in [4.78, 5) is 0. The molecule has 1 saturated heterocycles. The van der Waals surface area contributed by atoms with Gasteiger partial charge >= 0.3 is 0 Å². The van der Waals surface area contributed by atoms with Gasteiger partial charge in [-0.3, -0.25) is 0 Å². The molecule has 0 amide bonds. The standard InChI is InChI=1S/C13H18BrNO2/c1-16-11-6-5-9(13(17-2)12(11)14)8-10-4-3-7-15-10/h5-6,10,15H,3-4,7-8H2,1-2H3. The average Bonchev–Trinajstić information content (AvgIpc) is 2.82. The Labute approximate surface area is 111 Å². The van der Waals surface area contributed by atoms with Crippen molar-refractivity contribution in [2.45, 2.75) is 25.3 Å². The zero-order valence-electron chi connectivity index (χ0n) is 10.3. The molecule has 1 heterocycles. The van der Waals surface area contributed by atoms with E-state index in [9.17, 15) is 0 Å². The van der Waals surface area contributed by atoms with Crippen molar-refractivity contribution in [3.63, 3.8) is 0 Å². The zero-order chi connectivity index (χ0) is 12.3. The third-order valence-corrected chi connectivity index (χ3v) is 3.95. The van der Waals surface area contributed by atoms with E-state index in [0.29, 0.717) is 6.04 Å². The van der Waals surface area contributed by atoms with E-state index in [4.69, 9.17) is 9.47 Å². The Morgan fingerprint density at radius 1 is 1.35 bits per heavy atom. The molecule has 0 aromatic heterocycles. The summed E-state index contributed by atoms with van der Waals surface area (Å²) in [6.07, 6.45) is 3.52. The first-order chi connectivity index (χ1) is 8.26. The van der Waals surface area contributed by atoms with Gasteiger partial charge in [0.15, 0.2) is 0 Å². The van der Waals surface area contributed by atoms with E-state index < -0.39 is 0 Å². The minimum absolute atomic E-state index is 0.573. The van der Waals surface area contributed by atoms with E-state index in [1.807, 2.05) is 6.07 Å². The van der Waals surface area contributed by atoms with Crippen LogP contribution in [0.25, 0.3) is 0 Å². The summed E-state index contributed by atoms with van der Waals surface area (Å²) in [6.45, 7) is 1.13. The summed E-state index contributed by atoms with van der Waals surface area (Å²) >= 11 is 3.53. The van der Waals surface area contributed by atoms with E-state index in [2.05, 4.69) is 27.3 Å². The second-order valence-corrected chi connectivity index (χ2v) is 5.06. The summed E-state index contributed by atoms with van der Waals surface area (Å²) < 4.78 is 11.6. The number of benzene rings is 1. The number of nitrogens with one attached hydrogen (secondary N) is 1. The quantitative estimate of drug-likeness (QED) is 0.927. The van der Waals surface area contributed by atoms with Gasteiger partial charge in [-0.15, -0.1) is 0 Å². The normalized spacial score (nSPS) is 19.4. The van der Waals surface area contributed by atoms with Crippen LogP contribution in [-0.2, 0) is 6.42 Å². The Bertz CT molecular complexity index is 389. The van der Waals surface area contributed by atoms with Gasteiger partial charge in [-0.05, 0) is 53.4 Å². The van der Waals surface area contributed by atoms with Gasteiger partial charge in [0.25, 0.3) is 0 Å². The summed E-state index contributed by atoms with van der Waals surface area (Å²) in [5.74, 6) is 1.70. The van der Waals surface area contributed by atoms with Gasteiger partial charge in [-0.1, -0.05) is 6.07 Å². The van der Waals surface area contributed by atoms with Crippen molar-refractivity contribution in [3.05, 3.63) is 22.2 Å². The van der Waals surface area contributed by atoms with E-state index in [1.54, 1.807) is 14.2 Å². The maximum Gasteiger partial charge on any atom is 0.140 e. The molecular weight excluding hydrogens is 282 g/mol. The van der Waals surface area contributed by atoms with E-state index in [0.717, 1.165) is 28.9 Å². The van der Waals surface area contributed by atoms with Crippen molar-refractivity contribution in [1.29, 1.82) is 0 Å². The first-order valence-corrected chi connectivity index (χ1v) is 6.68. The van der Waals surface area contributed by atoms with Gasteiger partial charge in [0.1, 0.15) is 16.0 Å². The lowest BCUT2D eigenvalue weighted by molar-refractivity contribution is 0.384. The van der Waals surface area contributed by atoms with Crippen LogP contribution in [0.15, 0.2) is 16.6 Å². The molecule has 1 aromatic rings. The van der Waals surface area contributed by atoms with Crippen LogP contribution in [0.1, 0.15) is 18.4 Å². The van der Waals surface area contributed by atoms with Gasteiger partial charge in [-0.25, -0.2) is 0 Å². The van der Waals surface area contributed by atoms with E-state index in [-0.39, 0.29) is 0 Å². The number of hydrogen-bond donors (Lipinski definition) is 1. The van der Waals surface area contributed by atoms with Crippen molar-refractivity contribution < 1.29 is 9.47 Å². The lowest BCUT2D eigenvalue weighted by Crippen LogP contribution is -2.23. The Balaban J connectivity index is 2.23. The molecule has 3 nitrogen and oxygen atoms in total. The molecule has 1 N–H and O–H groups in total. The molecule has 0 aliphatic carbocycles. The predicted molar refractivity (Wildman–Crippen MR) is 72.0 cm³/mol. The predicted octanol–water partition coefficient (Wildman–Crippen LogP) is 2.76. The van der Waals surface area contributed by atoms with Crippen LogP contribution in [-0.4, -0.2) is 26.8 Å². The maximum absolute atomic E-state index is 5.47. The maximum atomic E-state index is 5.47. The van der Waals surface area contributed by atoms with Crippen molar-refractivity contribution in [1.82, 2.24) is 5.32 Å². The monoisotopic (exact) mass is 299 g/mol. The smallest absolute Gasteiger partial charge is 0.140 e. The average molecular weight is 300 g/mol. The molecule has 1 aliphatic rings. The second-order valence-electron chi connectivity index (χ2n) is 4.27. The van der Waals surface area contributed by atoms with Gasteiger partial charge < -0.3 is 14.8 Å². The molecular formula is C13H18BrNO2. The third kappa shape index (κ3) is 2.75. The minimum atomic E-state index is 0.573. The van der Waals surface area contributed by atoms with Gasteiger partial charge in [0, 0.05) is 6.04 Å². The molecule has 0 spiro atoms. The Morgan fingerprint density at radius 2 is 2.18 bits per heavy atom. The van der Waals surface area contributed by atoms with Crippen LogP contribution in [0.2, 0.25) is 0 Å². The minimum Gasteiger partial charge on any atom is -0.495 e. The van der Waals surface area contributed by atoms with Crippen molar-refractivity contribution in [2.75, 3.05) is 20.8 Å². The molecule has 94 valence electrons. The number of halogens is 1. The lowest BCUT2D eigenvalue weighted by atomic mass is 10.0. The fraction of sp³-hybridized carbons (Fsp3) is 0.538. The number of hydrogen-bond acceptors (Lipinski definition) is 3. The van der Waals surface area contributed by atoms with Gasteiger partial charge in [0.05, 0.1) is 14.2 Å². The number of methoxy groups -OCH3 is 2. The molecule has 1 fully saturated rings. The molecule has 1 aliphatic heterocycles. The molecule has 4 heteroatoms. The zero-order valence-corrected chi connectivity index (χ0v) is 11.8. The van der Waals surface area contributed by atoms with Crippen LogP contribution >= 0.6 is 15.9 Å². The highest BCUT2D eigenvalue weighted by Crippen LogP contribution is 2.37. The summed E-state index contributed by atoms with van der Waals surface area (Å²) in [6, 6.07) is 4.64. The molecule has 0 saturated carbocycles. The van der Waals surface area contributed by atoms with Crippen LogP contribution < -0.4 is 14.8 Å². The van der Waals surface area contributed by atoms with Gasteiger partial charge in [0.2, 0.25) is 0 Å². The first kappa shape index (κ1) is 12.7. The molecule has 1 unspecified atom stereocenters. The van der Waals surface area contributed by atoms with Crippen LogP contribution in [0, 0.1) is 0 Å². The Hall–Kier alpha value is -0.740. The molecule has 0 bridgehead atoms. The largest absolute Gasteiger partial charge is 0.495 e. The number of ether oxygens (including phenoxy) is 2. The van der Waals surface area contributed by atoms with Crippen molar-refractivity contribution in [3.8, 4) is 11.5 Å². The van der Waals surface area contributed by atoms with Crippen LogP contribution in [0.3, 0.4) is 0 Å². The summed E-state index contributed by atoms with van der Waals surface area (Å²) in [7, 11) is 3.36. The van der Waals surface area contributed by atoms with Crippen molar-refractivity contribution in [2.24, 2.45) is 0 Å². The molecule has 0 radical (unpaired) electrons. The Morgan fingerprint density at radius 3 is 2.76 bits per heavy atom. The first-order valence-electron chi connectivity index (χ1n) is 5.89. The summed E-state index contributed by atoms with van der Waals surface area (Å²) in [5, 5.41) is 3.50. The highest BCUT2D eigenvalue weighted by molar-refractivity contribution is 9.10. The lowest BCUT2D eigenvalue weighted by Gasteiger charge is -2.16. The molecule has 1 aromatic carbocycles. The molecule has 17 heavy (non-hydrogen) atoms. The van der Waals surface area contributed by atoms with Crippen LogP contribution in [0.5, 0.6) is 11.5 Å². The Kier molecular flexibility index (Phi) is 4.29. The van der Waals surface area contributed by atoms with E-state index in [1.165, 1.54) is 18.4 Å². The van der Waals surface area contributed by atoms with Crippen LogP contribution in [0.4, 0.5) is 0 Å². The number of rotatable bonds is 4. The SMILES string of the molecule is COc1ccc(CC2CCCN2)c(OC)c1Br. The van der Waals surface area contributed by atoms with Crippen molar-refractivity contribution >= 4 is 15.9 Å². The highest BCUT2D eigenvalue weighted by atomic mass is 79.9. The topological polar surface area (TPSA) is 30.5 Å². The fourth-order valence-corrected chi connectivity index (χ4v) is 3.02. The van der Waals surface area contributed by atoms with E-state index >= 15 is 0 Å². The second kappa shape index (κ2) is 5.74. The van der Waals surface area contributed by atoms with Gasteiger partial charge in [-0.2, -0.15) is 0 Å². The fourth-order valence-electron chi connectivity index (χ4n) is 2.31. The summed E-state index contributed by atoms with van der Waals surface area (Å²) in [5.41, 5.74) is 1.22.